The van der Waals surface area contributed by atoms with Crippen LogP contribution in [0.1, 0.15) is 23.2 Å². The van der Waals surface area contributed by atoms with Gasteiger partial charge in [-0.3, -0.25) is 9.59 Å². The summed E-state index contributed by atoms with van der Waals surface area (Å²) >= 11 is 0. The normalized spacial score (nSPS) is 9.90. The van der Waals surface area contributed by atoms with Crippen molar-refractivity contribution in [3.63, 3.8) is 0 Å². The second kappa shape index (κ2) is 7.22. The molecule has 0 saturated heterocycles. The van der Waals surface area contributed by atoms with Crippen LogP contribution in [0.2, 0.25) is 0 Å². The van der Waals surface area contributed by atoms with E-state index in [4.69, 9.17) is 20.9 Å². The Kier molecular flexibility index (Phi) is 5.64. The van der Waals surface area contributed by atoms with Crippen molar-refractivity contribution in [2.45, 2.75) is 12.8 Å². The Morgan fingerprint density at radius 2 is 1.80 bits per heavy atom. The van der Waals surface area contributed by atoms with Gasteiger partial charge in [0, 0.05) is 24.7 Å². The minimum absolute atomic E-state index is 0.224. The molecular formula is C13H19N3O4. The van der Waals surface area contributed by atoms with Gasteiger partial charge in [-0.05, 0) is 12.5 Å². The molecule has 1 aromatic rings. The molecule has 7 heteroatoms. The largest absolute Gasteiger partial charge is 0.493 e. The number of rotatable bonds is 7. The number of carbonyl (C=O) groups is 2. The predicted octanol–water partition coefficient (Wildman–Crippen LogP) is 0.281. The number of anilines is 1. The topological polar surface area (TPSA) is 117 Å². The molecule has 0 radical (unpaired) electrons. The second-order valence-electron chi connectivity index (χ2n) is 4.12. The van der Waals surface area contributed by atoms with Crippen LogP contribution in [0.25, 0.3) is 0 Å². The summed E-state index contributed by atoms with van der Waals surface area (Å²) in [5.74, 6) is 0.136. The van der Waals surface area contributed by atoms with Gasteiger partial charge >= 0.3 is 0 Å². The van der Waals surface area contributed by atoms with Gasteiger partial charge in [-0.2, -0.15) is 0 Å². The number of amides is 2. The highest BCUT2D eigenvalue weighted by Crippen LogP contribution is 2.31. The smallest absolute Gasteiger partial charge is 0.253 e. The molecule has 0 aromatic heterocycles. The van der Waals surface area contributed by atoms with Crippen LogP contribution in [0.4, 0.5) is 5.69 Å². The monoisotopic (exact) mass is 281 g/mol. The summed E-state index contributed by atoms with van der Waals surface area (Å²) in [6, 6.07) is 3.04. The first kappa shape index (κ1) is 15.6. The average Bonchev–Trinajstić information content (AvgIpc) is 2.42. The zero-order valence-electron chi connectivity index (χ0n) is 11.6. The van der Waals surface area contributed by atoms with E-state index in [1.165, 1.54) is 26.4 Å². The molecule has 0 saturated carbocycles. The van der Waals surface area contributed by atoms with Crippen molar-refractivity contribution in [2.75, 3.05) is 26.5 Å². The molecule has 7 nitrogen and oxygen atoms in total. The minimum atomic E-state index is -0.398. The highest BCUT2D eigenvalue weighted by molar-refractivity contribution is 6.00. The Hall–Kier alpha value is -2.44. The number of hydrogen-bond acceptors (Lipinski definition) is 5. The molecule has 1 rings (SSSR count). The minimum Gasteiger partial charge on any atom is -0.493 e. The molecule has 0 aliphatic heterocycles. The maximum atomic E-state index is 12.0. The molecule has 0 unspecified atom stereocenters. The van der Waals surface area contributed by atoms with Crippen LogP contribution in [0, 0.1) is 0 Å². The van der Waals surface area contributed by atoms with Gasteiger partial charge in [-0.15, -0.1) is 0 Å². The van der Waals surface area contributed by atoms with Crippen molar-refractivity contribution >= 4 is 17.5 Å². The molecule has 110 valence electrons. The van der Waals surface area contributed by atoms with Gasteiger partial charge in [0.2, 0.25) is 5.91 Å². The number of hydrogen-bond donors (Lipinski definition) is 3. The van der Waals surface area contributed by atoms with Gasteiger partial charge in [-0.25, -0.2) is 0 Å². The molecule has 0 aliphatic rings. The maximum Gasteiger partial charge on any atom is 0.253 e. The molecule has 20 heavy (non-hydrogen) atoms. The van der Waals surface area contributed by atoms with Crippen LogP contribution in [0.5, 0.6) is 11.5 Å². The van der Waals surface area contributed by atoms with E-state index in [1.54, 1.807) is 0 Å². The third-order valence-electron chi connectivity index (χ3n) is 2.69. The Morgan fingerprint density at radius 3 is 2.35 bits per heavy atom. The molecular weight excluding hydrogens is 262 g/mol. The predicted molar refractivity (Wildman–Crippen MR) is 74.7 cm³/mol. The van der Waals surface area contributed by atoms with E-state index < -0.39 is 5.91 Å². The Balaban J connectivity index is 2.75. The van der Waals surface area contributed by atoms with Crippen LogP contribution < -0.4 is 26.3 Å². The number of methoxy groups -OCH3 is 2. The standard InChI is InChI=1S/C13H19N3O4/c1-19-10-6-8(9(14)7-11(10)20-2)13(18)16-5-3-4-12(15)17/h6-7H,3-5,14H2,1-2H3,(H2,15,17)(H,16,18). The van der Waals surface area contributed by atoms with Crippen molar-refractivity contribution in [3.05, 3.63) is 17.7 Å². The summed E-state index contributed by atoms with van der Waals surface area (Å²) in [7, 11) is 2.96. The van der Waals surface area contributed by atoms with Gasteiger partial charge in [0.1, 0.15) is 0 Å². The fourth-order valence-corrected chi connectivity index (χ4v) is 1.65. The number of primary amides is 1. The Morgan fingerprint density at radius 1 is 1.20 bits per heavy atom. The molecule has 5 N–H and O–H groups in total. The van der Waals surface area contributed by atoms with Gasteiger partial charge in [0.15, 0.2) is 11.5 Å². The van der Waals surface area contributed by atoms with Crippen LogP contribution >= 0.6 is 0 Å². The quantitative estimate of drug-likeness (QED) is 0.490. The molecule has 0 aliphatic carbocycles. The Bertz CT molecular complexity index is 503. The van der Waals surface area contributed by atoms with Crippen molar-refractivity contribution in [1.82, 2.24) is 5.32 Å². The first-order valence-electron chi connectivity index (χ1n) is 6.07. The zero-order chi connectivity index (χ0) is 15.1. The van der Waals surface area contributed by atoms with Crippen molar-refractivity contribution in [3.8, 4) is 11.5 Å². The van der Waals surface area contributed by atoms with E-state index >= 15 is 0 Å². The van der Waals surface area contributed by atoms with Crippen molar-refractivity contribution in [1.29, 1.82) is 0 Å². The molecule has 0 spiro atoms. The van der Waals surface area contributed by atoms with Gasteiger partial charge in [0.05, 0.1) is 19.8 Å². The highest BCUT2D eigenvalue weighted by atomic mass is 16.5. The number of nitrogens with two attached hydrogens (primary N) is 2. The molecule has 2 amide bonds. The third-order valence-corrected chi connectivity index (χ3v) is 2.69. The van der Waals surface area contributed by atoms with Crippen molar-refractivity contribution < 1.29 is 19.1 Å². The number of nitrogen functional groups attached to an aromatic ring is 1. The van der Waals surface area contributed by atoms with E-state index in [9.17, 15) is 9.59 Å². The van der Waals surface area contributed by atoms with Gasteiger partial charge in [-0.1, -0.05) is 0 Å². The van der Waals surface area contributed by atoms with Gasteiger partial charge in [0.25, 0.3) is 5.91 Å². The lowest BCUT2D eigenvalue weighted by Crippen LogP contribution is -2.26. The van der Waals surface area contributed by atoms with Crippen LogP contribution in [-0.2, 0) is 4.79 Å². The molecule has 0 heterocycles. The van der Waals surface area contributed by atoms with Crippen LogP contribution in [-0.4, -0.2) is 32.6 Å². The van der Waals surface area contributed by atoms with E-state index in [-0.39, 0.29) is 18.0 Å². The third kappa shape index (κ3) is 4.04. The summed E-state index contributed by atoms with van der Waals surface area (Å²) in [5, 5.41) is 2.66. The maximum absolute atomic E-state index is 12.0. The molecule has 0 atom stereocenters. The molecule has 0 bridgehead atoms. The summed E-state index contributed by atoms with van der Waals surface area (Å²) in [4.78, 5) is 22.6. The number of carbonyl (C=O) groups excluding carboxylic acids is 2. The highest BCUT2D eigenvalue weighted by Gasteiger charge is 2.14. The number of nitrogens with one attached hydrogen (secondary N) is 1. The lowest BCUT2D eigenvalue weighted by molar-refractivity contribution is -0.118. The first-order chi connectivity index (χ1) is 9.49. The SMILES string of the molecule is COc1cc(N)c(C(=O)NCCCC(N)=O)cc1OC. The Labute approximate surface area is 117 Å². The van der Waals surface area contributed by atoms with Gasteiger partial charge < -0.3 is 26.3 Å². The molecule has 0 fully saturated rings. The average molecular weight is 281 g/mol. The first-order valence-corrected chi connectivity index (χ1v) is 6.07. The van der Waals surface area contributed by atoms with Crippen LogP contribution in [0.3, 0.4) is 0 Å². The van der Waals surface area contributed by atoms with Crippen LogP contribution in [0.15, 0.2) is 12.1 Å². The summed E-state index contributed by atoms with van der Waals surface area (Å²) in [6.45, 7) is 0.343. The fourth-order valence-electron chi connectivity index (χ4n) is 1.65. The fraction of sp³-hybridized carbons (Fsp3) is 0.385. The van der Waals surface area contributed by atoms with E-state index in [0.29, 0.717) is 30.0 Å². The molecule has 1 aromatic carbocycles. The summed E-state index contributed by atoms with van der Waals surface area (Å²) < 4.78 is 10.2. The van der Waals surface area contributed by atoms with E-state index in [0.717, 1.165) is 0 Å². The zero-order valence-corrected chi connectivity index (χ0v) is 11.6. The number of benzene rings is 1. The summed E-state index contributed by atoms with van der Waals surface area (Å²) in [5.41, 5.74) is 11.4. The van der Waals surface area contributed by atoms with Crippen molar-refractivity contribution in [2.24, 2.45) is 5.73 Å². The lowest BCUT2D eigenvalue weighted by atomic mass is 10.1. The summed E-state index contributed by atoms with van der Waals surface area (Å²) in [6.07, 6.45) is 0.704. The number of ether oxygens (including phenoxy) is 2. The van der Waals surface area contributed by atoms with E-state index in [2.05, 4.69) is 5.32 Å². The lowest BCUT2D eigenvalue weighted by Gasteiger charge is -2.12. The van der Waals surface area contributed by atoms with E-state index in [1.807, 2.05) is 0 Å². The second-order valence-corrected chi connectivity index (χ2v) is 4.12.